The van der Waals surface area contributed by atoms with Gasteiger partial charge in [0.1, 0.15) is 17.7 Å². The van der Waals surface area contributed by atoms with E-state index in [1.165, 1.54) is 38.3 Å². The van der Waals surface area contributed by atoms with Crippen molar-refractivity contribution in [3.63, 3.8) is 0 Å². The fourth-order valence-electron chi connectivity index (χ4n) is 3.41. The lowest BCUT2D eigenvalue weighted by Gasteiger charge is -2.36. The van der Waals surface area contributed by atoms with Gasteiger partial charge < -0.3 is 4.74 Å². The molecule has 0 bridgehead atoms. The molecule has 0 spiro atoms. The van der Waals surface area contributed by atoms with Gasteiger partial charge in [0.2, 0.25) is 0 Å². The molecule has 4 heteroatoms. The molecule has 0 saturated carbocycles. The highest BCUT2D eigenvalue weighted by molar-refractivity contribution is 9.09. The molecule has 0 radical (unpaired) electrons. The quantitative estimate of drug-likeness (QED) is 0.773. The van der Waals surface area contributed by atoms with Gasteiger partial charge in [-0.25, -0.2) is 4.39 Å². The standard InChI is InChI=1S/C16H21BrFNO/c17-7-6-14-3-1-2-8-19(14)11-15-10-12-9-13(18)4-5-16(12)20-15/h4-5,9,14-15H,1-3,6-8,10-11H2. The number of piperidine rings is 1. The molecule has 2 atom stereocenters. The van der Waals surface area contributed by atoms with E-state index in [1.54, 1.807) is 12.1 Å². The highest BCUT2D eigenvalue weighted by atomic mass is 79.9. The zero-order chi connectivity index (χ0) is 13.9. The van der Waals surface area contributed by atoms with Crippen LogP contribution in [0.2, 0.25) is 0 Å². The number of halogens is 2. The number of fused-ring (bicyclic) bond motifs is 1. The summed E-state index contributed by atoms with van der Waals surface area (Å²) in [4.78, 5) is 2.57. The summed E-state index contributed by atoms with van der Waals surface area (Å²) in [5, 5.41) is 1.06. The fourth-order valence-corrected chi connectivity index (χ4v) is 3.93. The predicted molar refractivity (Wildman–Crippen MR) is 82.1 cm³/mol. The summed E-state index contributed by atoms with van der Waals surface area (Å²) in [6, 6.07) is 5.53. The molecule has 0 N–H and O–H groups in total. The van der Waals surface area contributed by atoms with Gasteiger partial charge in [-0.05, 0) is 44.0 Å². The zero-order valence-corrected chi connectivity index (χ0v) is 13.2. The average Bonchev–Trinajstić information content (AvgIpc) is 2.82. The Hall–Kier alpha value is -0.610. The van der Waals surface area contributed by atoms with Gasteiger partial charge in [-0.3, -0.25) is 4.90 Å². The second kappa shape index (κ2) is 6.44. The van der Waals surface area contributed by atoms with Crippen molar-refractivity contribution in [2.45, 2.75) is 44.2 Å². The van der Waals surface area contributed by atoms with Gasteiger partial charge in [0.05, 0.1) is 0 Å². The summed E-state index contributed by atoms with van der Waals surface area (Å²) in [5.41, 5.74) is 1.02. The van der Waals surface area contributed by atoms with E-state index in [9.17, 15) is 4.39 Å². The maximum absolute atomic E-state index is 13.2. The molecule has 2 aliphatic rings. The fraction of sp³-hybridized carbons (Fsp3) is 0.625. The van der Waals surface area contributed by atoms with E-state index in [0.717, 1.165) is 29.6 Å². The first-order valence-electron chi connectivity index (χ1n) is 7.51. The first-order chi connectivity index (χ1) is 9.76. The molecule has 2 unspecified atom stereocenters. The Balaban J connectivity index is 1.61. The van der Waals surface area contributed by atoms with Crippen molar-refractivity contribution in [3.05, 3.63) is 29.6 Å². The second-order valence-corrected chi connectivity index (χ2v) is 6.61. The second-order valence-electron chi connectivity index (χ2n) is 5.82. The summed E-state index contributed by atoms with van der Waals surface area (Å²) >= 11 is 3.56. The Morgan fingerprint density at radius 1 is 1.35 bits per heavy atom. The van der Waals surface area contributed by atoms with Gasteiger partial charge in [0, 0.05) is 29.9 Å². The molecule has 20 heavy (non-hydrogen) atoms. The van der Waals surface area contributed by atoms with E-state index < -0.39 is 0 Å². The molecule has 1 fully saturated rings. The van der Waals surface area contributed by atoms with Crippen LogP contribution in [0.3, 0.4) is 0 Å². The Labute approximate surface area is 128 Å². The maximum atomic E-state index is 13.2. The van der Waals surface area contributed by atoms with Crippen molar-refractivity contribution in [2.75, 3.05) is 18.4 Å². The lowest BCUT2D eigenvalue weighted by atomic mass is 9.99. The number of alkyl halides is 1. The SMILES string of the molecule is Fc1ccc2c(c1)CC(CN1CCCCC1CCBr)O2. The molecule has 0 aromatic heterocycles. The molecule has 110 valence electrons. The van der Waals surface area contributed by atoms with Gasteiger partial charge in [0.25, 0.3) is 0 Å². The van der Waals surface area contributed by atoms with Crippen LogP contribution in [0.1, 0.15) is 31.2 Å². The third-order valence-electron chi connectivity index (χ3n) is 4.39. The van der Waals surface area contributed by atoms with Crippen molar-refractivity contribution < 1.29 is 9.13 Å². The van der Waals surface area contributed by atoms with E-state index in [0.29, 0.717) is 6.04 Å². The van der Waals surface area contributed by atoms with Crippen LogP contribution in [-0.4, -0.2) is 35.5 Å². The minimum Gasteiger partial charge on any atom is -0.488 e. The number of likely N-dealkylation sites (tertiary alicyclic amines) is 1. The summed E-state index contributed by atoms with van der Waals surface area (Å²) in [6.45, 7) is 2.14. The summed E-state index contributed by atoms with van der Waals surface area (Å²) < 4.78 is 19.2. The number of hydrogen-bond acceptors (Lipinski definition) is 2. The molecule has 0 amide bonds. The predicted octanol–water partition coefficient (Wildman–Crippen LogP) is 3.77. The summed E-state index contributed by atoms with van der Waals surface area (Å²) in [6.07, 6.45) is 6.14. The lowest BCUT2D eigenvalue weighted by molar-refractivity contribution is 0.0888. The molecule has 0 aliphatic carbocycles. The Morgan fingerprint density at radius 3 is 3.10 bits per heavy atom. The van der Waals surface area contributed by atoms with E-state index in [-0.39, 0.29) is 11.9 Å². The number of hydrogen-bond donors (Lipinski definition) is 0. The van der Waals surface area contributed by atoms with Crippen LogP contribution in [0.25, 0.3) is 0 Å². The molecule has 3 rings (SSSR count). The summed E-state index contributed by atoms with van der Waals surface area (Å²) in [5.74, 6) is 0.702. The van der Waals surface area contributed by atoms with Gasteiger partial charge in [-0.2, -0.15) is 0 Å². The molecular formula is C16H21BrFNO. The highest BCUT2D eigenvalue weighted by Crippen LogP contribution is 2.31. The van der Waals surface area contributed by atoms with Crippen LogP contribution < -0.4 is 4.74 Å². The normalized spacial score (nSPS) is 26.3. The topological polar surface area (TPSA) is 12.5 Å². The van der Waals surface area contributed by atoms with Crippen molar-refractivity contribution in [1.29, 1.82) is 0 Å². The van der Waals surface area contributed by atoms with Gasteiger partial charge >= 0.3 is 0 Å². The monoisotopic (exact) mass is 341 g/mol. The molecule has 2 heterocycles. The molecule has 1 aromatic carbocycles. The van der Waals surface area contributed by atoms with E-state index in [1.807, 2.05) is 0 Å². The van der Waals surface area contributed by atoms with Crippen molar-refractivity contribution in [3.8, 4) is 5.75 Å². The third-order valence-corrected chi connectivity index (χ3v) is 4.85. The van der Waals surface area contributed by atoms with Crippen molar-refractivity contribution in [1.82, 2.24) is 4.90 Å². The largest absolute Gasteiger partial charge is 0.488 e. The van der Waals surface area contributed by atoms with Crippen molar-refractivity contribution in [2.24, 2.45) is 0 Å². The van der Waals surface area contributed by atoms with Crippen LogP contribution in [0.4, 0.5) is 4.39 Å². The minimum atomic E-state index is -0.164. The number of benzene rings is 1. The lowest BCUT2D eigenvalue weighted by Crippen LogP contribution is -2.45. The zero-order valence-electron chi connectivity index (χ0n) is 11.7. The van der Waals surface area contributed by atoms with E-state index in [2.05, 4.69) is 20.8 Å². The van der Waals surface area contributed by atoms with E-state index in [4.69, 9.17) is 4.74 Å². The molecular weight excluding hydrogens is 321 g/mol. The first kappa shape index (κ1) is 14.3. The number of rotatable bonds is 4. The van der Waals surface area contributed by atoms with Crippen LogP contribution in [0.15, 0.2) is 18.2 Å². The van der Waals surface area contributed by atoms with Crippen LogP contribution in [0.5, 0.6) is 5.75 Å². The van der Waals surface area contributed by atoms with Crippen LogP contribution in [-0.2, 0) is 6.42 Å². The summed E-state index contributed by atoms with van der Waals surface area (Å²) in [7, 11) is 0. The Bertz CT molecular complexity index is 466. The molecule has 1 saturated heterocycles. The Morgan fingerprint density at radius 2 is 2.25 bits per heavy atom. The third kappa shape index (κ3) is 3.17. The van der Waals surface area contributed by atoms with Crippen LogP contribution >= 0.6 is 15.9 Å². The molecule has 1 aromatic rings. The Kier molecular flexibility index (Phi) is 4.61. The van der Waals surface area contributed by atoms with Gasteiger partial charge in [-0.15, -0.1) is 0 Å². The maximum Gasteiger partial charge on any atom is 0.123 e. The smallest absolute Gasteiger partial charge is 0.123 e. The average molecular weight is 342 g/mol. The highest BCUT2D eigenvalue weighted by Gasteiger charge is 2.29. The minimum absolute atomic E-state index is 0.164. The van der Waals surface area contributed by atoms with E-state index >= 15 is 0 Å². The van der Waals surface area contributed by atoms with Crippen molar-refractivity contribution >= 4 is 15.9 Å². The molecule has 2 nitrogen and oxygen atoms in total. The molecule has 2 aliphatic heterocycles. The van der Waals surface area contributed by atoms with Gasteiger partial charge in [-0.1, -0.05) is 22.4 Å². The number of ether oxygens (including phenoxy) is 1. The number of nitrogens with zero attached hydrogens (tertiary/aromatic N) is 1. The first-order valence-corrected chi connectivity index (χ1v) is 8.63. The van der Waals surface area contributed by atoms with Gasteiger partial charge in [0.15, 0.2) is 0 Å². The van der Waals surface area contributed by atoms with Crippen LogP contribution in [0, 0.1) is 5.82 Å².